The average Bonchev–Trinajstić information content (AvgIpc) is 3.47. The van der Waals surface area contributed by atoms with Crippen LogP contribution in [0.2, 0.25) is 0 Å². The minimum atomic E-state index is 0.153. The molecular weight excluding hydrogens is 360 g/mol. The highest BCUT2D eigenvalue weighted by molar-refractivity contribution is 5.69. The second-order valence-corrected chi connectivity index (χ2v) is 8.39. The predicted molar refractivity (Wildman–Crippen MR) is 115 cm³/mol. The molecule has 1 atom stereocenters. The SMILES string of the molecule is CC(C)Oc1ccc(-c2noc(-c3ccc4c(c3)C=CC4C3CCCC3)n2)cc1. The van der Waals surface area contributed by atoms with E-state index in [9.17, 15) is 0 Å². The van der Waals surface area contributed by atoms with E-state index in [0.717, 1.165) is 22.8 Å². The Hall–Kier alpha value is -2.88. The quantitative estimate of drug-likeness (QED) is 0.503. The Morgan fingerprint density at radius 3 is 2.52 bits per heavy atom. The molecule has 0 radical (unpaired) electrons. The summed E-state index contributed by atoms with van der Waals surface area (Å²) >= 11 is 0. The second kappa shape index (κ2) is 7.51. The van der Waals surface area contributed by atoms with Crippen LogP contribution in [-0.4, -0.2) is 16.2 Å². The molecule has 0 spiro atoms. The Morgan fingerprint density at radius 1 is 1.00 bits per heavy atom. The first-order valence-corrected chi connectivity index (χ1v) is 10.6. The molecular formula is C25H26N2O2. The number of fused-ring (bicyclic) bond motifs is 1. The predicted octanol–water partition coefficient (Wildman–Crippen LogP) is 6.49. The van der Waals surface area contributed by atoms with Crippen molar-refractivity contribution < 1.29 is 9.26 Å². The smallest absolute Gasteiger partial charge is 0.258 e. The van der Waals surface area contributed by atoms with Crippen molar-refractivity contribution in [3.05, 3.63) is 59.7 Å². The van der Waals surface area contributed by atoms with Gasteiger partial charge in [0.05, 0.1) is 6.10 Å². The lowest BCUT2D eigenvalue weighted by Crippen LogP contribution is -2.05. The first-order chi connectivity index (χ1) is 14.2. The van der Waals surface area contributed by atoms with Crippen LogP contribution >= 0.6 is 0 Å². The fourth-order valence-electron chi connectivity index (χ4n) is 4.61. The Labute approximate surface area is 171 Å². The van der Waals surface area contributed by atoms with Crippen molar-refractivity contribution in [3.8, 4) is 28.6 Å². The zero-order valence-electron chi connectivity index (χ0n) is 17.0. The van der Waals surface area contributed by atoms with Crippen LogP contribution in [0.3, 0.4) is 0 Å². The first kappa shape index (κ1) is 18.2. The molecule has 2 aliphatic rings. The topological polar surface area (TPSA) is 48.2 Å². The standard InChI is InChI=1S/C25H26N2O2/c1-16(2)28-21-11-7-18(8-12-21)24-26-25(29-27-24)20-10-14-23-19(15-20)9-13-22(23)17-5-3-4-6-17/h7-17,22H,3-6H2,1-2H3. The van der Waals surface area contributed by atoms with Gasteiger partial charge in [-0.2, -0.15) is 4.98 Å². The molecule has 4 heteroatoms. The molecule has 1 unspecified atom stereocenters. The summed E-state index contributed by atoms with van der Waals surface area (Å²) in [6.45, 7) is 4.03. The molecule has 148 valence electrons. The molecule has 0 bridgehead atoms. The van der Waals surface area contributed by atoms with E-state index in [1.807, 2.05) is 38.1 Å². The maximum atomic E-state index is 5.70. The molecule has 2 aromatic carbocycles. The number of allylic oxidation sites excluding steroid dienone is 1. The van der Waals surface area contributed by atoms with Crippen LogP contribution in [0, 0.1) is 5.92 Å². The van der Waals surface area contributed by atoms with Crippen molar-refractivity contribution in [2.45, 2.75) is 51.6 Å². The Balaban J connectivity index is 1.36. The van der Waals surface area contributed by atoms with Crippen molar-refractivity contribution in [2.75, 3.05) is 0 Å². The van der Waals surface area contributed by atoms with E-state index < -0.39 is 0 Å². The molecule has 0 N–H and O–H groups in total. The van der Waals surface area contributed by atoms with Gasteiger partial charge in [0.1, 0.15) is 5.75 Å². The maximum absolute atomic E-state index is 5.70. The van der Waals surface area contributed by atoms with Crippen LogP contribution in [0.25, 0.3) is 28.9 Å². The van der Waals surface area contributed by atoms with Crippen molar-refractivity contribution in [2.24, 2.45) is 5.92 Å². The van der Waals surface area contributed by atoms with Crippen LogP contribution in [-0.2, 0) is 0 Å². The fraction of sp³-hybridized carbons (Fsp3) is 0.360. The lowest BCUT2D eigenvalue weighted by molar-refractivity contribution is 0.242. The number of rotatable bonds is 5. The minimum Gasteiger partial charge on any atom is -0.491 e. The Kier molecular flexibility index (Phi) is 4.70. The van der Waals surface area contributed by atoms with Crippen LogP contribution in [0.5, 0.6) is 5.75 Å². The van der Waals surface area contributed by atoms with Gasteiger partial charge in [-0.1, -0.05) is 36.2 Å². The molecule has 1 heterocycles. The minimum absolute atomic E-state index is 0.153. The number of hydrogen-bond donors (Lipinski definition) is 0. The maximum Gasteiger partial charge on any atom is 0.258 e. The van der Waals surface area contributed by atoms with Gasteiger partial charge in [-0.25, -0.2) is 0 Å². The van der Waals surface area contributed by atoms with Gasteiger partial charge in [-0.3, -0.25) is 0 Å². The van der Waals surface area contributed by atoms with E-state index in [4.69, 9.17) is 9.26 Å². The lowest BCUT2D eigenvalue weighted by Gasteiger charge is -2.18. The number of hydrogen-bond acceptors (Lipinski definition) is 4. The van der Waals surface area contributed by atoms with E-state index in [-0.39, 0.29) is 6.10 Å². The molecule has 3 aromatic rings. The summed E-state index contributed by atoms with van der Waals surface area (Å²) in [4.78, 5) is 4.62. The summed E-state index contributed by atoms with van der Waals surface area (Å²) < 4.78 is 11.3. The molecule has 5 rings (SSSR count). The zero-order chi connectivity index (χ0) is 19.8. The molecule has 2 aliphatic carbocycles. The summed E-state index contributed by atoms with van der Waals surface area (Å²) in [7, 11) is 0. The monoisotopic (exact) mass is 386 g/mol. The number of nitrogens with zero attached hydrogens (tertiary/aromatic N) is 2. The van der Waals surface area contributed by atoms with Gasteiger partial charge >= 0.3 is 0 Å². The molecule has 1 fully saturated rings. The molecule has 29 heavy (non-hydrogen) atoms. The average molecular weight is 386 g/mol. The number of benzene rings is 2. The van der Waals surface area contributed by atoms with Crippen LogP contribution in [0.1, 0.15) is 56.6 Å². The van der Waals surface area contributed by atoms with Crippen molar-refractivity contribution in [1.82, 2.24) is 10.1 Å². The van der Waals surface area contributed by atoms with Gasteiger partial charge in [-0.05, 0) is 80.1 Å². The van der Waals surface area contributed by atoms with Crippen LogP contribution < -0.4 is 4.74 Å². The van der Waals surface area contributed by atoms with Crippen molar-refractivity contribution in [3.63, 3.8) is 0 Å². The summed E-state index contributed by atoms with van der Waals surface area (Å²) in [5.74, 6) is 3.37. The van der Waals surface area contributed by atoms with E-state index in [1.165, 1.54) is 36.8 Å². The normalized spacial score (nSPS) is 18.5. The van der Waals surface area contributed by atoms with Crippen molar-refractivity contribution >= 4 is 6.08 Å². The van der Waals surface area contributed by atoms with Gasteiger partial charge < -0.3 is 9.26 Å². The van der Waals surface area contributed by atoms with Gasteiger partial charge in [-0.15, -0.1) is 0 Å². The molecule has 1 saturated carbocycles. The van der Waals surface area contributed by atoms with Crippen molar-refractivity contribution in [1.29, 1.82) is 0 Å². The Morgan fingerprint density at radius 2 is 1.76 bits per heavy atom. The van der Waals surface area contributed by atoms with Gasteiger partial charge in [0, 0.05) is 17.0 Å². The third-order valence-electron chi connectivity index (χ3n) is 5.99. The number of ether oxygens (including phenoxy) is 1. The fourth-order valence-corrected chi connectivity index (χ4v) is 4.61. The van der Waals surface area contributed by atoms with E-state index in [1.54, 1.807) is 0 Å². The highest BCUT2D eigenvalue weighted by atomic mass is 16.5. The largest absolute Gasteiger partial charge is 0.491 e. The van der Waals surface area contributed by atoms with Gasteiger partial charge in [0.25, 0.3) is 5.89 Å². The number of aromatic nitrogens is 2. The molecule has 1 aromatic heterocycles. The van der Waals surface area contributed by atoms with E-state index in [0.29, 0.717) is 17.6 Å². The summed E-state index contributed by atoms with van der Waals surface area (Å²) in [5.41, 5.74) is 4.62. The summed E-state index contributed by atoms with van der Waals surface area (Å²) in [5, 5.41) is 4.18. The third-order valence-corrected chi connectivity index (χ3v) is 5.99. The van der Waals surface area contributed by atoms with Crippen LogP contribution in [0.15, 0.2) is 53.1 Å². The Bertz CT molecular complexity index is 1030. The van der Waals surface area contributed by atoms with Gasteiger partial charge in [0.2, 0.25) is 5.82 Å². The highest BCUT2D eigenvalue weighted by Crippen LogP contribution is 2.43. The summed E-state index contributed by atoms with van der Waals surface area (Å²) in [6, 6.07) is 14.3. The molecule has 0 aliphatic heterocycles. The summed E-state index contributed by atoms with van der Waals surface area (Å²) in [6.07, 6.45) is 10.2. The van der Waals surface area contributed by atoms with Crippen LogP contribution in [0.4, 0.5) is 0 Å². The molecule has 0 amide bonds. The second-order valence-electron chi connectivity index (χ2n) is 8.39. The van der Waals surface area contributed by atoms with Gasteiger partial charge in [0.15, 0.2) is 0 Å². The first-order valence-electron chi connectivity index (χ1n) is 10.6. The third kappa shape index (κ3) is 3.59. The lowest BCUT2D eigenvalue weighted by atomic mass is 9.86. The van der Waals surface area contributed by atoms with E-state index in [2.05, 4.69) is 40.5 Å². The molecule has 4 nitrogen and oxygen atoms in total. The zero-order valence-corrected chi connectivity index (χ0v) is 17.0. The van der Waals surface area contributed by atoms with E-state index >= 15 is 0 Å². The molecule has 0 saturated heterocycles. The highest BCUT2D eigenvalue weighted by Gasteiger charge is 2.28.